The monoisotopic (exact) mass is 626 g/mol. The fourth-order valence-corrected chi connectivity index (χ4v) is 6.92. The molecule has 0 saturated carbocycles. The molecule has 0 N–H and O–H groups in total. The standard InChI is InChI=1S/C36H44N4.ClH.Co/c1-9-21-22(10-2)30-18-32-25(13-5)26(14-6)34(39-32)20-36-28(16-8)27(15-7)35(40-36)19-33-24(12-4)23(11-3)31(38-33)17-29(21)37-30;;/h17-20H,9-16H2,1-8H3;1H;/q-2;;+3/p-1. The maximum atomic E-state index is 5.25. The molecule has 0 atom stereocenters. The average molecular weight is 627 g/mol. The Labute approximate surface area is 264 Å². The van der Waals surface area contributed by atoms with E-state index in [4.69, 9.17) is 19.9 Å². The Morgan fingerprint density at radius 1 is 0.429 bits per heavy atom. The third kappa shape index (κ3) is 5.68. The zero-order valence-corrected chi connectivity index (χ0v) is 28.3. The fourth-order valence-electron chi connectivity index (χ4n) is 6.92. The van der Waals surface area contributed by atoms with E-state index in [0.29, 0.717) is 0 Å². The molecule has 0 unspecified atom stereocenters. The number of hydrogen-bond acceptors (Lipinski definition) is 2. The normalized spacial score (nSPS) is 13.1. The minimum absolute atomic E-state index is 0.950. The van der Waals surface area contributed by atoms with E-state index < -0.39 is 0 Å². The van der Waals surface area contributed by atoms with Crippen molar-refractivity contribution in [2.75, 3.05) is 0 Å². The molecule has 8 bridgehead atoms. The van der Waals surface area contributed by atoms with Gasteiger partial charge in [0, 0.05) is 0 Å². The molecule has 0 aliphatic carbocycles. The third-order valence-corrected chi connectivity index (χ3v) is 8.82. The van der Waals surface area contributed by atoms with Crippen LogP contribution in [0.1, 0.15) is 126 Å². The third-order valence-electron chi connectivity index (χ3n) is 8.82. The SMILES string of the molecule is CCC1=C(CC)c2cc3[n-]c(cc4nc(cc5[n-]c(cc1n2)c(CC)c5CC)C(CC)=C4CC)c(CC)c3CC.[Cl][Co+2]. The van der Waals surface area contributed by atoms with Gasteiger partial charge in [-0.05, 0) is 73.7 Å². The Hall–Kier alpha value is -2.60. The Bertz CT molecular complexity index is 1450. The predicted octanol–water partition coefficient (Wildman–Crippen LogP) is 9.97. The van der Waals surface area contributed by atoms with Crippen molar-refractivity contribution in [3.8, 4) is 0 Å². The van der Waals surface area contributed by atoms with Gasteiger partial charge in [0.1, 0.15) is 0 Å². The van der Waals surface area contributed by atoms with Crippen LogP contribution in [0.5, 0.6) is 0 Å². The Balaban J connectivity index is 0.00000198. The molecule has 0 spiro atoms. The summed E-state index contributed by atoms with van der Waals surface area (Å²) in [5.74, 6) is 0. The number of rotatable bonds is 8. The Kier molecular flexibility index (Phi) is 11.0. The van der Waals surface area contributed by atoms with Crippen molar-refractivity contribution in [1.29, 1.82) is 0 Å². The summed E-state index contributed by atoms with van der Waals surface area (Å²) in [6.07, 6.45) is 7.60. The van der Waals surface area contributed by atoms with Gasteiger partial charge in [-0.3, -0.25) is 0 Å². The second-order valence-electron chi connectivity index (χ2n) is 10.8. The molecule has 0 aromatic carbocycles. The molecule has 5 rings (SSSR count). The van der Waals surface area contributed by atoms with E-state index in [0.717, 1.165) is 96.2 Å². The minimum atomic E-state index is 0.950. The summed E-state index contributed by atoms with van der Waals surface area (Å²) < 4.78 is 0. The summed E-state index contributed by atoms with van der Waals surface area (Å²) in [5.41, 5.74) is 19.1. The van der Waals surface area contributed by atoms with Crippen LogP contribution in [-0.4, -0.2) is 9.97 Å². The summed E-state index contributed by atoms with van der Waals surface area (Å²) in [5, 5.41) is 0. The van der Waals surface area contributed by atoms with Gasteiger partial charge in [0.15, 0.2) is 0 Å². The molecule has 0 radical (unpaired) electrons. The van der Waals surface area contributed by atoms with Crippen molar-refractivity contribution in [2.24, 2.45) is 0 Å². The van der Waals surface area contributed by atoms with Gasteiger partial charge in [0.2, 0.25) is 0 Å². The van der Waals surface area contributed by atoms with Crippen molar-refractivity contribution in [1.82, 2.24) is 19.9 Å². The van der Waals surface area contributed by atoms with Gasteiger partial charge < -0.3 is 9.97 Å². The second-order valence-corrected chi connectivity index (χ2v) is 10.8. The summed E-state index contributed by atoms with van der Waals surface area (Å²) in [6.45, 7) is 17.9. The molecule has 3 aromatic rings. The summed E-state index contributed by atoms with van der Waals surface area (Å²) in [4.78, 5) is 21.0. The van der Waals surface area contributed by atoms with Crippen LogP contribution in [0.25, 0.3) is 44.4 Å². The number of halogens is 1. The van der Waals surface area contributed by atoms with Gasteiger partial charge in [-0.25, -0.2) is 9.97 Å². The van der Waals surface area contributed by atoms with Crippen molar-refractivity contribution in [2.45, 2.75) is 107 Å². The van der Waals surface area contributed by atoms with E-state index in [1.54, 1.807) is 0 Å². The van der Waals surface area contributed by atoms with Crippen LogP contribution in [0.15, 0.2) is 24.3 Å². The van der Waals surface area contributed by atoms with E-state index in [2.05, 4.69) is 105 Å². The first kappa shape index (κ1) is 32.3. The van der Waals surface area contributed by atoms with Gasteiger partial charge in [-0.15, -0.1) is 22.1 Å². The van der Waals surface area contributed by atoms with E-state index in [1.165, 1.54) is 44.5 Å². The van der Waals surface area contributed by atoms with Gasteiger partial charge in [-0.2, -0.15) is 0 Å². The second kappa shape index (κ2) is 14.2. The van der Waals surface area contributed by atoms with Crippen LogP contribution in [0.2, 0.25) is 0 Å². The Morgan fingerprint density at radius 2 is 0.643 bits per heavy atom. The van der Waals surface area contributed by atoms with Crippen LogP contribution in [0.3, 0.4) is 0 Å². The molecule has 0 saturated heterocycles. The molecule has 4 nitrogen and oxygen atoms in total. The van der Waals surface area contributed by atoms with Crippen LogP contribution in [-0.2, 0) is 40.5 Å². The van der Waals surface area contributed by atoms with Gasteiger partial charge >= 0.3 is 25.0 Å². The molecule has 224 valence electrons. The number of aromatic nitrogens is 4. The summed E-state index contributed by atoms with van der Waals surface area (Å²) in [7, 11) is 4.33. The average Bonchev–Trinajstić information content (AvgIpc) is 3.73. The van der Waals surface area contributed by atoms with Crippen LogP contribution >= 0.6 is 10.1 Å². The fraction of sp³-hybridized carbons (Fsp3) is 0.444. The van der Waals surface area contributed by atoms with E-state index in [-0.39, 0.29) is 0 Å². The van der Waals surface area contributed by atoms with Crippen LogP contribution < -0.4 is 9.97 Å². The quantitative estimate of drug-likeness (QED) is 0.250. The first-order chi connectivity index (χ1) is 20.5. The maximum absolute atomic E-state index is 5.25. The topological polar surface area (TPSA) is 54.0 Å². The Morgan fingerprint density at radius 3 is 0.810 bits per heavy atom. The van der Waals surface area contributed by atoms with Gasteiger partial charge in [-0.1, -0.05) is 102 Å². The molecule has 5 heterocycles. The molecular formula is C36H44ClCoN4. The molecule has 0 fully saturated rings. The number of aryl methyl sites for hydroxylation is 4. The van der Waals surface area contributed by atoms with Crippen molar-refractivity contribution in [3.63, 3.8) is 0 Å². The number of fused-ring (bicyclic) bond motifs is 8. The summed E-state index contributed by atoms with van der Waals surface area (Å²) >= 11 is 3.03. The first-order valence-electron chi connectivity index (χ1n) is 15.7. The zero-order valence-electron chi connectivity index (χ0n) is 26.5. The molecule has 42 heavy (non-hydrogen) atoms. The number of nitrogens with zero attached hydrogens (tertiary/aromatic N) is 4. The van der Waals surface area contributed by atoms with Crippen LogP contribution in [0, 0.1) is 0 Å². The molecule has 2 aliphatic heterocycles. The molecule has 3 aromatic heterocycles. The van der Waals surface area contributed by atoms with Crippen molar-refractivity contribution < 1.29 is 14.8 Å². The van der Waals surface area contributed by atoms with E-state index in [9.17, 15) is 0 Å². The zero-order chi connectivity index (χ0) is 30.6. The molecule has 2 aliphatic rings. The molecule has 0 amide bonds. The molecular weight excluding hydrogens is 583 g/mol. The number of hydrogen-bond donors (Lipinski definition) is 0. The summed E-state index contributed by atoms with van der Waals surface area (Å²) in [6, 6.07) is 8.98. The molecule has 6 heteroatoms. The predicted molar refractivity (Wildman–Crippen MR) is 177 cm³/mol. The van der Waals surface area contributed by atoms with Crippen molar-refractivity contribution >= 4 is 54.5 Å². The number of allylic oxidation sites excluding steroid dienone is 4. The van der Waals surface area contributed by atoms with Gasteiger partial charge in [0.05, 0.1) is 22.8 Å². The van der Waals surface area contributed by atoms with Crippen LogP contribution in [0.4, 0.5) is 0 Å². The first-order valence-corrected chi connectivity index (χ1v) is 17.1. The van der Waals surface area contributed by atoms with E-state index in [1.807, 2.05) is 0 Å². The van der Waals surface area contributed by atoms with E-state index >= 15 is 0 Å². The van der Waals surface area contributed by atoms with Crippen molar-refractivity contribution in [3.05, 3.63) is 69.3 Å². The van der Waals surface area contributed by atoms with Gasteiger partial charge in [0.25, 0.3) is 0 Å².